The van der Waals surface area contributed by atoms with Gasteiger partial charge < -0.3 is 19.6 Å². The van der Waals surface area contributed by atoms with Crippen LogP contribution in [0.25, 0.3) is 0 Å². The van der Waals surface area contributed by atoms with Crippen molar-refractivity contribution in [2.45, 2.75) is 59.0 Å². The summed E-state index contributed by atoms with van der Waals surface area (Å²) in [4.78, 5) is 0. The van der Waals surface area contributed by atoms with Crippen molar-refractivity contribution in [3.63, 3.8) is 0 Å². The van der Waals surface area contributed by atoms with E-state index in [1.165, 1.54) is 7.11 Å². The molecular weight excluding hydrogens is 267 g/mol. The minimum absolute atomic E-state index is 0.707. The number of aliphatic hydroxyl groups is 2. The predicted octanol–water partition coefficient (Wildman–Crippen LogP) is 1.75. The number of ether oxygens (including phenoxy) is 1. The molecule has 21 heavy (non-hydrogen) atoms. The highest BCUT2D eigenvalue weighted by Gasteiger charge is 2.35. The number of aryl methyl sites for hydroxylation is 2. The maximum Gasteiger partial charge on any atom is 0.331 e. The van der Waals surface area contributed by atoms with Crippen LogP contribution < -0.4 is 5.46 Å². The minimum atomic E-state index is -0.975. The van der Waals surface area contributed by atoms with Crippen LogP contribution in [0, 0.1) is 13.8 Å². The zero-order valence-electron chi connectivity index (χ0n) is 14.0. The Labute approximate surface area is 128 Å². The first-order valence-corrected chi connectivity index (χ1v) is 7.05. The van der Waals surface area contributed by atoms with Gasteiger partial charge in [-0.3, -0.25) is 0 Å². The van der Waals surface area contributed by atoms with Gasteiger partial charge in [-0.2, -0.15) is 0 Å². The van der Waals surface area contributed by atoms with Gasteiger partial charge in [-0.25, -0.2) is 0 Å². The van der Waals surface area contributed by atoms with Crippen LogP contribution in [0.5, 0.6) is 0 Å². The predicted molar refractivity (Wildman–Crippen MR) is 84.7 cm³/mol. The molecule has 0 spiro atoms. The summed E-state index contributed by atoms with van der Waals surface area (Å²) < 4.78 is 10.7. The summed E-state index contributed by atoms with van der Waals surface area (Å²) in [5.41, 5.74) is 1.84. The lowest BCUT2D eigenvalue weighted by atomic mass is 9.79. The van der Waals surface area contributed by atoms with Crippen molar-refractivity contribution in [1.29, 1.82) is 0 Å². The highest BCUT2D eigenvalue weighted by molar-refractivity contribution is 6.47. The Hall–Kier alpha value is -0.875. The van der Waals surface area contributed by atoms with Crippen LogP contribution in [0.3, 0.4) is 0 Å². The molecule has 0 aliphatic heterocycles. The van der Waals surface area contributed by atoms with Crippen LogP contribution in [0.4, 0.5) is 0 Å². The molecule has 1 aromatic rings. The molecule has 117 valence electrons. The normalized spacial score (nSPS) is 14.1. The third kappa shape index (κ3) is 4.30. The van der Waals surface area contributed by atoms with Gasteiger partial charge in [-0.15, -0.1) is 0 Å². The summed E-state index contributed by atoms with van der Waals surface area (Å²) in [6, 6.07) is 3.82. The molecule has 1 atom stereocenters. The van der Waals surface area contributed by atoms with Crippen LogP contribution >= 0.6 is 0 Å². The summed E-state index contributed by atoms with van der Waals surface area (Å²) in [5, 5.41) is 20.0. The van der Waals surface area contributed by atoms with Crippen molar-refractivity contribution < 1.29 is 19.6 Å². The Morgan fingerprint density at radius 2 is 1.67 bits per heavy atom. The molecule has 0 aromatic heterocycles. The van der Waals surface area contributed by atoms with E-state index >= 15 is 0 Å². The van der Waals surface area contributed by atoms with E-state index < -0.39 is 17.5 Å². The van der Waals surface area contributed by atoms with Crippen molar-refractivity contribution in [1.82, 2.24) is 0 Å². The number of hydrogen-bond acceptors (Lipinski definition) is 4. The lowest BCUT2D eigenvalue weighted by molar-refractivity contribution is -0.0893. The van der Waals surface area contributed by atoms with Crippen LogP contribution in [-0.4, -0.2) is 36.0 Å². The summed E-state index contributed by atoms with van der Waals surface area (Å²) in [7, 11) is 3.08. The van der Waals surface area contributed by atoms with Crippen molar-refractivity contribution >= 4 is 12.9 Å². The second kappa shape index (κ2) is 6.49. The average Bonchev–Trinajstić information content (AvgIpc) is 2.35. The quantitative estimate of drug-likeness (QED) is 0.620. The molecule has 2 N–H and O–H groups in total. The number of rotatable bonds is 6. The van der Waals surface area contributed by atoms with Gasteiger partial charge in [0, 0.05) is 12.7 Å². The van der Waals surface area contributed by atoms with Crippen molar-refractivity contribution in [2.75, 3.05) is 7.11 Å². The van der Waals surface area contributed by atoms with E-state index in [2.05, 4.69) is 0 Å². The van der Waals surface area contributed by atoms with Gasteiger partial charge in [0.2, 0.25) is 0 Å². The fourth-order valence-corrected chi connectivity index (χ4v) is 1.76. The van der Waals surface area contributed by atoms with Gasteiger partial charge in [-0.05, 0) is 47.1 Å². The number of aliphatic hydroxyl groups excluding tert-OH is 1. The van der Waals surface area contributed by atoms with Gasteiger partial charge in [-0.1, -0.05) is 23.2 Å². The second-order valence-corrected chi connectivity index (χ2v) is 6.46. The maximum absolute atomic E-state index is 10.1. The number of hydrogen-bond donors (Lipinski definition) is 2. The third-order valence-electron chi connectivity index (χ3n) is 4.10. The summed E-state index contributed by atoms with van der Waals surface area (Å²) >= 11 is 0. The first-order valence-electron chi connectivity index (χ1n) is 7.05. The molecule has 0 fully saturated rings. The van der Waals surface area contributed by atoms with Crippen LogP contribution in [-0.2, 0) is 9.39 Å². The van der Waals surface area contributed by atoms with E-state index in [1.807, 2.05) is 39.8 Å². The topological polar surface area (TPSA) is 58.9 Å². The standard InChI is InChI=1S/C16H26BO4/c1-10-8-11(2)13(9-12(10)14(18)20-7)17-21-16(5,6)15(3,4)19/h8-9,14,18-19H,1-7H3. The Morgan fingerprint density at radius 1 is 1.10 bits per heavy atom. The Morgan fingerprint density at radius 3 is 2.14 bits per heavy atom. The van der Waals surface area contributed by atoms with Gasteiger partial charge in [0.1, 0.15) is 0 Å². The van der Waals surface area contributed by atoms with Crippen LogP contribution in [0.2, 0.25) is 0 Å². The Kier molecular flexibility index (Phi) is 5.61. The minimum Gasteiger partial charge on any atom is -0.427 e. The smallest absolute Gasteiger partial charge is 0.331 e. The lowest BCUT2D eigenvalue weighted by Gasteiger charge is -2.37. The highest BCUT2D eigenvalue weighted by Crippen LogP contribution is 2.24. The highest BCUT2D eigenvalue weighted by atomic mass is 16.6. The molecule has 0 saturated carbocycles. The summed E-state index contributed by atoms with van der Waals surface area (Å²) in [5.74, 6) is 0. The van der Waals surface area contributed by atoms with Gasteiger partial charge in [0.15, 0.2) is 6.29 Å². The molecule has 1 rings (SSSR count). The zero-order valence-corrected chi connectivity index (χ0v) is 14.0. The molecule has 0 aliphatic rings. The van der Waals surface area contributed by atoms with E-state index in [1.54, 1.807) is 21.3 Å². The molecule has 0 amide bonds. The van der Waals surface area contributed by atoms with Gasteiger partial charge in [0.05, 0.1) is 11.2 Å². The van der Waals surface area contributed by atoms with E-state index in [-0.39, 0.29) is 0 Å². The first-order chi connectivity index (χ1) is 9.49. The van der Waals surface area contributed by atoms with E-state index in [4.69, 9.17) is 9.39 Å². The maximum atomic E-state index is 10.1. The molecule has 0 heterocycles. The molecule has 0 saturated heterocycles. The SMILES string of the molecule is COC(O)c1cc([B]OC(C)(C)C(C)(C)O)c(C)cc1C. The molecule has 0 aliphatic carbocycles. The first kappa shape index (κ1) is 18.2. The van der Waals surface area contributed by atoms with E-state index in [9.17, 15) is 10.2 Å². The van der Waals surface area contributed by atoms with Crippen LogP contribution in [0.15, 0.2) is 12.1 Å². The van der Waals surface area contributed by atoms with E-state index in [0.717, 1.165) is 16.6 Å². The van der Waals surface area contributed by atoms with E-state index in [0.29, 0.717) is 5.56 Å². The Balaban J connectivity index is 2.99. The molecule has 4 nitrogen and oxygen atoms in total. The monoisotopic (exact) mass is 293 g/mol. The molecule has 0 bridgehead atoms. The second-order valence-electron chi connectivity index (χ2n) is 6.46. The fraction of sp³-hybridized carbons (Fsp3) is 0.625. The molecule has 1 radical (unpaired) electrons. The average molecular weight is 293 g/mol. The number of methoxy groups -OCH3 is 1. The lowest BCUT2D eigenvalue weighted by Crippen LogP contribution is -2.49. The summed E-state index contributed by atoms with van der Waals surface area (Å²) in [6.07, 6.45) is -0.958. The van der Waals surface area contributed by atoms with Crippen LogP contribution in [0.1, 0.15) is 50.7 Å². The molecule has 5 heteroatoms. The number of benzene rings is 1. The van der Waals surface area contributed by atoms with Gasteiger partial charge >= 0.3 is 7.48 Å². The molecule has 1 aromatic carbocycles. The van der Waals surface area contributed by atoms with Gasteiger partial charge in [0.25, 0.3) is 0 Å². The molecule has 1 unspecified atom stereocenters. The molecular formula is C16H26BO4. The van der Waals surface area contributed by atoms with Crippen molar-refractivity contribution in [3.8, 4) is 0 Å². The Bertz CT molecular complexity index is 492. The zero-order chi connectivity index (χ0) is 16.4. The summed E-state index contributed by atoms with van der Waals surface area (Å²) in [6.45, 7) is 11.0. The largest absolute Gasteiger partial charge is 0.427 e. The van der Waals surface area contributed by atoms with Crippen molar-refractivity contribution in [2.24, 2.45) is 0 Å². The fourth-order valence-electron chi connectivity index (χ4n) is 1.76. The van der Waals surface area contributed by atoms with Crippen molar-refractivity contribution in [3.05, 3.63) is 28.8 Å². The third-order valence-corrected chi connectivity index (χ3v) is 4.10.